The first kappa shape index (κ1) is 31.8. The number of fused-ring (bicyclic) bond motifs is 1. The van der Waals surface area contributed by atoms with E-state index in [-0.39, 0.29) is 37.5 Å². The average Bonchev–Trinajstić information content (AvgIpc) is 3.64. The van der Waals surface area contributed by atoms with Gasteiger partial charge >= 0.3 is 5.97 Å². The number of nitrogens with zero attached hydrogens (tertiary/aromatic N) is 3. The third-order valence-corrected chi connectivity index (χ3v) is 9.52. The number of likely N-dealkylation sites (tertiary alicyclic amines) is 1. The Bertz CT molecular complexity index is 1150. The summed E-state index contributed by atoms with van der Waals surface area (Å²) in [5.41, 5.74) is 0.557. The Hall–Kier alpha value is -3.17. The lowest BCUT2D eigenvalue weighted by molar-refractivity contribution is -0.156. The average molecular weight is 582 g/mol. The van der Waals surface area contributed by atoms with Crippen LogP contribution in [0.4, 0.5) is 11.4 Å². The van der Waals surface area contributed by atoms with Gasteiger partial charge in [0.15, 0.2) is 0 Å². The standard InChI is InChI=1S/C33H47N3O6/c1-7-12-20-41-32(40)27-26-17-18-33(42-26)28(27)30(38)36(25(21-37)22(6)9-3)29(33)31(39)35(19-8-2)24-15-13-23(14-16-24)34(10-4)11-5/h7-8,13-16,22,25-29,37H,1-2,9-12,17-21H2,3-6H3/t22-,25-,26+,27-,28-,29?,33?/m0/s1. The Labute approximate surface area is 250 Å². The van der Waals surface area contributed by atoms with Gasteiger partial charge in [0, 0.05) is 31.0 Å². The summed E-state index contributed by atoms with van der Waals surface area (Å²) in [7, 11) is 0. The maximum absolute atomic E-state index is 14.8. The Morgan fingerprint density at radius 3 is 2.40 bits per heavy atom. The summed E-state index contributed by atoms with van der Waals surface area (Å²) in [5.74, 6) is -2.83. The highest BCUT2D eigenvalue weighted by atomic mass is 16.6. The molecule has 0 radical (unpaired) electrons. The molecule has 0 aromatic heterocycles. The van der Waals surface area contributed by atoms with Crippen LogP contribution in [-0.2, 0) is 23.9 Å². The molecule has 0 saturated carbocycles. The molecule has 2 bridgehead atoms. The summed E-state index contributed by atoms with van der Waals surface area (Å²) in [5, 5.41) is 10.6. The van der Waals surface area contributed by atoms with Crippen LogP contribution in [0.2, 0.25) is 0 Å². The minimum absolute atomic E-state index is 0.0825. The monoisotopic (exact) mass is 581 g/mol. The van der Waals surface area contributed by atoms with Gasteiger partial charge in [-0.15, -0.1) is 13.2 Å². The van der Waals surface area contributed by atoms with Crippen LogP contribution in [0.3, 0.4) is 0 Å². The van der Waals surface area contributed by atoms with Gasteiger partial charge in [-0.05, 0) is 63.3 Å². The fraction of sp³-hybridized carbons (Fsp3) is 0.606. The first-order valence-corrected chi connectivity index (χ1v) is 15.4. The maximum atomic E-state index is 14.8. The van der Waals surface area contributed by atoms with Gasteiger partial charge in [-0.1, -0.05) is 32.4 Å². The highest BCUT2D eigenvalue weighted by Crippen LogP contribution is 2.59. The third-order valence-electron chi connectivity index (χ3n) is 9.52. The van der Waals surface area contributed by atoms with Gasteiger partial charge in [0.2, 0.25) is 5.91 Å². The van der Waals surface area contributed by atoms with E-state index in [1.54, 1.807) is 22.0 Å². The molecule has 2 unspecified atom stereocenters. The molecule has 3 fully saturated rings. The zero-order valence-electron chi connectivity index (χ0n) is 25.5. The van der Waals surface area contributed by atoms with Gasteiger partial charge < -0.3 is 29.3 Å². The Kier molecular flexibility index (Phi) is 10.1. The molecule has 1 aromatic carbocycles. The van der Waals surface area contributed by atoms with Crippen molar-refractivity contribution >= 4 is 29.2 Å². The number of amides is 2. The van der Waals surface area contributed by atoms with Gasteiger partial charge in [-0.2, -0.15) is 0 Å². The molecule has 3 aliphatic heterocycles. The number of hydrogen-bond acceptors (Lipinski definition) is 7. The predicted octanol–water partition coefficient (Wildman–Crippen LogP) is 3.95. The predicted molar refractivity (Wildman–Crippen MR) is 163 cm³/mol. The molecule has 1 aromatic rings. The molecule has 9 nitrogen and oxygen atoms in total. The van der Waals surface area contributed by atoms with Gasteiger partial charge in [-0.3, -0.25) is 14.4 Å². The number of carbonyl (C=O) groups excluding carboxylic acids is 3. The molecule has 1 N–H and O–H groups in total. The maximum Gasteiger partial charge on any atom is 0.312 e. The normalized spacial score (nSPS) is 27.4. The first-order valence-electron chi connectivity index (χ1n) is 15.4. The van der Waals surface area contributed by atoms with Crippen LogP contribution in [0, 0.1) is 17.8 Å². The molecule has 42 heavy (non-hydrogen) atoms. The second-order valence-corrected chi connectivity index (χ2v) is 11.6. The highest BCUT2D eigenvalue weighted by molar-refractivity contribution is 6.05. The SMILES string of the molecule is C=CCCOC(=O)[C@@H]1[C@H]2C(=O)N([C@@H](CO)[C@@H](C)CC)C(C(=O)N(CC=C)c3ccc(N(CC)CC)cc3)C23CC[C@H]1O3. The third kappa shape index (κ3) is 5.37. The van der Waals surface area contributed by atoms with Crippen molar-refractivity contribution < 1.29 is 29.0 Å². The molecule has 3 aliphatic rings. The second-order valence-electron chi connectivity index (χ2n) is 11.6. The zero-order chi connectivity index (χ0) is 30.6. The molecular formula is C33H47N3O6. The molecule has 0 aliphatic carbocycles. The fourth-order valence-electron chi connectivity index (χ4n) is 7.18. The number of hydrogen-bond donors (Lipinski definition) is 1. The zero-order valence-corrected chi connectivity index (χ0v) is 25.5. The summed E-state index contributed by atoms with van der Waals surface area (Å²) >= 11 is 0. The largest absolute Gasteiger partial charge is 0.465 e. The van der Waals surface area contributed by atoms with Crippen molar-refractivity contribution in [2.24, 2.45) is 17.8 Å². The van der Waals surface area contributed by atoms with Gasteiger partial charge in [-0.25, -0.2) is 0 Å². The second kappa shape index (κ2) is 13.4. The summed E-state index contributed by atoms with van der Waals surface area (Å²) in [4.78, 5) is 47.9. The summed E-state index contributed by atoms with van der Waals surface area (Å²) in [6.07, 6.45) is 5.07. The smallest absolute Gasteiger partial charge is 0.312 e. The van der Waals surface area contributed by atoms with Crippen molar-refractivity contribution in [1.29, 1.82) is 0 Å². The van der Waals surface area contributed by atoms with Crippen LogP contribution in [0.1, 0.15) is 53.4 Å². The molecule has 230 valence electrons. The summed E-state index contributed by atoms with van der Waals surface area (Å²) in [6, 6.07) is 6.21. The first-order chi connectivity index (χ1) is 20.2. The number of aliphatic hydroxyl groups is 1. The van der Waals surface area contributed by atoms with E-state index in [1.165, 1.54) is 0 Å². The van der Waals surface area contributed by atoms with E-state index in [1.807, 2.05) is 38.1 Å². The Balaban J connectivity index is 1.77. The molecule has 3 saturated heterocycles. The quantitative estimate of drug-likeness (QED) is 0.190. The minimum atomic E-state index is -1.18. The number of ether oxygens (including phenoxy) is 2. The van der Waals surface area contributed by atoms with Crippen molar-refractivity contribution in [3.8, 4) is 0 Å². The van der Waals surface area contributed by atoms with Crippen molar-refractivity contribution in [1.82, 2.24) is 4.90 Å². The van der Waals surface area contributed by atoms with E-state index in [9.17, 15) is 19.5 Å². The topological polar surface area (TPSA) is 99.6 Å². The Morgan fingerprint density at radius 2 is 1.83 bits per heavy atom. The van der Waals surface area contributed by atoms with E-state index in [4.69, 9.17) is 9.47 Å². The van der Waals surface area contributed by atoms with Gasteiger partial charge in [0.25, 0.3) is 5.91 Å². The number of rotatable bonds is 15. The van der Waals surface area contributed by atoms with Crippen LogP contribution in [-0.4, -0.2) is 84.4 Å². The molecule has 4 rings (SSSR count). The van der Waals surface area contributed by atoms with Crippen LogP contribution in [0.5, 0.6) is 0 Å². The van der Waals surface area contributed by atoms with Gasteiger partial charge in [0.05, 0.1) is 37.2 Å². The van der Waals surface area contributed by atoms with Crippen molar-refractivity contribution in [2.45, 2.75) is 77.2 Å². The molecule has 1 spiro atoms. The number of aliphatic hydroxyl groups excluding tert-OH is 1. The van der Waals surface area contributed by atoms with E-state index < -0.39 is 41.6 Å². The van der Waals surface area contributed by atoms with Crippen LogP contribution in [0.25, 0.3) is 0 Å². The van der Waals surface area contributed by atoms with Crippen molar-refractivity contribution in [2.75, 3.05) is 42.6 Å². The van der Waals surface area contributed by atoms with Gasteiger partial charge in [0.1, 0.15) is 11.6 Å². The lowest BCUT2D eigenvalue weighted by Gasteiger charge is -2.41. The van der Waals surface area contributed by atoms with Crippen LogP contribution in [0.15, 0.2) is 49.6 Å². The lowest BCUT2D eigenvalue weighted by Crippen LogP contribution is -2.60. The van der Waals surface area contributed by atoms with E-state index in [2.05, 4.69) is 31.9 Å². The molecule has 7 atom stereocenters. The molecular weight excluding hydrogens is 534 g/mol. The molecule has 2 amide bonds. The van der Waals surface area contributed by atoms with E-state index in [0.717, 1.165) is 18.8 Å². The van der Waals surface area contributed by atoms with Crippen LogP contribution >= 0.6 is 0 Å². The number of carbonyl (C=O) groups is 3. The van der Waals surface area contributed by atoms with Crippen LogP contribution < -0.4 is 9.80 Å². The van der Waals surface area contributed by atoms with Crippen molar-refractivity contribution in [3.05, 3.63) is 49.6 Å². The van der Waals surface area contributed by atoms with E-state index >= 15 is 0 Å². The number of benzene rings is 1. The molecule has 9 heteroatoms. The fourth-order valence-corrected chi connectivity index (χ4v) is 7.18. The highest BCUT2D eigenvalue weighted by Gasteiger charge is 2.75. The molecule has 3 heterocycles. The van der Waals surface area contributed by atoms with E-state index in [0.29, 0.717) is 31.4 Å². The van der Waals surface area contributed by atoms with Crippen molar-refractivity contribution in [3.63, 3.8) is 0 Å². The summed E-state index contributed by atoms with van der Waals surface area (Å²) in [6.45, 7) is 17.6. The minimum Gasteiger partial charge on any atom is -0.465 e. The lowest BCUT2D eigenvalue weighted by atomic mass is 9.70. The Morgan fingerprint density at radius 1 is 1.17 bits per heavy atom. The number of esters is 1. The number of anilines is 2. The summed E-state index contributed by atoms with van der Waals surface area (Å²) < 4.78 is 12.1.